The molecule has 3 rings (SSSR count). The summed E-state index contributed by atoms with van der Waals surface area (Å²) < 4.78 is 5.11. The van der Waals surface area contributed by atoms with E-state index in [1.54, 1.807) is 0 Å². The Morgan fingerprint density at radius 3 is 2.92 bits per heavy atom. The van der Waals surface area contributed by atoms with Gasteiger partial charge in [0.05, 0.1) is 18.3 Å². The van der Waals surface area contributed by atoms with Crippen molar-refractivity contribution >= 4 is 5.97 Å². The lowest BCUT2D eigenvalue weighted by Gasteiger charge is -2.45. The Bertz CT molecular complexity index is 626. The summed E-state index contributed by atoms with van der Waals surface area (Å²) >= 11 is 0. The molecular formula is C23H34O3. The number of esters is 1. The third-order valence-corrected chi connectivity index (χ3v) is 7.18. The van der Waals surface area contributed by atoms with Gasteiger partial charge in [0, 0.05) is 0 Å². The molecule has 1 aromatic carbocycles. The third-order valence-electron chi connectivity index (χ3n) is 7.18. The second-order valence-corrected chi connectivity index (χ2v) is 8.69. The maximum absolute atomic E-state index is 11.9. The van der Waals surface area contributed by atoms with Crippen molar-refractivity contribution in [1.29, 1.82) is 0 Å². The zero-order valence-electron chi connectivity index (χ0n) is 16.5. The van der Waals surface area contributed by atoms with E-state index in [0.29, 0.717) is 35.3 Å². The first-order chi connectivity index (χ1) is 12.5. The fourth-order valence-electron chi connectivity index (χ4n) is 5.79. The van der Waals surface area contributed by atoms with Crippen molar-refractivity contribution in [2.75, 3.05) is 6.61 Å². The van der Waals surface area contributed by atoms with E-state index in [2.05, 4.69) is 19.9 Å². The van der Waals surface area contributed by atoms with Gasteiger partial charge in [0.25, 0.3) is 0 Å². The van der Waals surface area contributed by atoms with Crippen LogP contribution in [-0.4, -0.2) is 23.8 Å². The molecular weight excluding hydrogens is 324 g/mol. The summed E-state index contributed by atoms with van der Waals surface area (Å²) in [5, 5.41) is 10.4. The normalized spacial score (nSPS) is 32.1. The van der Waals surface area contributed by atoms with Gasteiger partial charge in [-0.1, -0.05) is 32.4 Å². The van der Waals surface area contributed by atoms with E-state index < -0.39 is 0 Å². The number of carbonyl (C=O) groups is 1. The SMILES string of the molecule is CCOC(=O)c1cccc(CC[C@H](C)[C@H]2CC[C@H]3[C@@H](O)CCC[C@@]23C)c1. The van der Waals surface area contributed by atoms with Gasteiger partial charge in [0.2, 0.25) is 0 Å². The minimum atomic E-state index is -0.232. The van der Waals surface area contributed by atoms with Crippen LogP contribution in [0.2, 0.25) is 0 Å². The van der Waals surface area contributed by atoms with Crippen LogP contribution in [0, 0.1) is 23.2 Å². The molecule has 3 nitrogen and oxygen atoms in total. The van der Waals surface area contributed by atoms with E-state index in [1.807, 2.05) is 25.1 Å². The molecule has 0 unspecified atom stereocenters. The van der Waals surface area contributed by atoms with E-state index in [9.17, 15) is 9.90 Å². The maximum Gasteiger partial charge on any atom is 0.338 e. The zero-order chi connectivity index (χ0) is 18.7. The standard InChI is InChI=1S/C23H34O3/c1-4-26-22(25)18-8-5-7-17(15-18)11-10-16(2)19-12-13-20-21(24)9-6-14-23(19,20)3/h5,7-8,15-16,19-21,24H,4,6,9-14H2,1-3H3/t16-,19+,20-,21-,23-/m0/s1. The molecule has 2 aliphatic rings. The highest BCUT2D eigenvalue weighted by Gasteiger charge is 2.51. The molecule has 3 heteroatoms. The first-order valence-corrected chi connectivity index (χ1v) is 10.4. The van der Waals surface area contributed by atoms with Crippen molar-refractivity contribution in [2.24, 2.45) is 23.2 Å². The molecule has 0 saturated heterocycles. The lowest BCUT2D eigenvalue weighted by molar-refractivity contribution is -0.0275. The molecule has 144 valence electrons. The van der Waals surface area contributed by atoms with E-state index in [4.69, 9.17) is 4.74 Å². The van der Waals surface area contributed by atoms with Crippen LogP contribution >= 0.6 is 0 Å². The smallest absolute Gasteiger partial charge is 0.338 e. The molecule has 0 aromatic heterocycles. The summed E-state index contributed by atoms with van der Waals surface area (Å²) in [4.78, 5) is 11.9. The molecule has 0 heterocycles. The van der Waals surface area contributed by atoms with Gasteiger partial charge in [0.15, 0.2) is 0 Å². The Labute approximate surface area is 158 Å². The zero-order valence-corrected chi connectivity index (χ0v) is 16.5. The average molecular weight is 359 g/mol. The fraction of sp³-hybridized carbons (Fsp3) is 0.696. The van der Waals surface area contributed by atoms with E-state index >= 15 is 0 Å². The predicted molar refractivity (Wildman–Crippen MR) is 104 cm³/mol. The van der Waals surface area contributed by atoms with Crippen molar-refractivity contribution < 1.29 is 14.6 Å². The number of aliphatic hydroxyl groups is 1. The molecule has 0 bridgehead atoms. The monoisotopic (exact) mass is 358 g/mol. The molecule has 2 aliphatic carbocycles. The largest absolute Gasteiger partial charge is 0.462 e. The van der Waals surface area contributed by atoms with Gasteiger partial charge in [-0.15, -0.1) is 0 Å². The summed E-state index contributed by atoms with van der Waals surface area (Å²) in [6, 6.07) is 7.88. The Morgan fingerprint density at radius 1 is 1.35 bits per heavy atom. The minimum absolute atomic E-state index is 0.0905. The molecule has 1 aromatic rings. The number of carbonyl (C=O) groups excluding carboxylic acids is 1. The van der Waals surface area contributed by atoms with Crippen molar-refractivity contribution in [1.82, 2.24) is 0 Å². The van der Waals surface area contributed by atoms with Gasteiger partial charge in [-0.2, -0.15) is 0 Å². The highest BCUT2D eigenvalue weighted by atomic mass is 16.5. The van der Waals surface area contributed by atoms with Gasteiger partial charge in [-0.05, 0) is 86.3 Å². The number of fused-ring (bicyclic) bond motifs is 1. The number of aliphatic hydroxyl groups excluding tert-OH is 1. The van der Waals surface area contributed by atoms with Gasteiger partial charge >= 0.3 is 5.97 Å². The Morgan fingerprint density at radius 2 is 2.15 bits per heavy atom. The van der Waals surface area contributed by atoms with Crippen LogP contribution in [0.5, 0.6) is 0 Å². The number of aryl methyl sites for hydroxylation is 1. The molecule has 5 atom stereocenters. The Kier molecular flexibility index (Phi) is 6.06. The number of hydrogen-bond donors (Lipinski definition) is 1. The molecule has 0 radical (unpaired) electrons. The van der Waals surface area contributed by atoms with Crippen molar-refractivity contribution in [2.45, 2.75) is 71.8 Å². The third kappa shape index (κ3) is 3.83. The van der Waals surface area contributed by atoms with Gasteiger partial charge in [-0.25, -0.2) is 4.79 Å². The fourth-order valence-corrected chi connectivity index (χ4v) is 5.79. The van der Waals surface area contributed by atoms with E-state index in [1.165, 1.54) is 31.2 Å². The lowest BCUT2D eigenvalue weighted by Crippen LogP contribution is -2.41. The topological polar surface area (TPSA) is 46.5 Å². The Hall–Kier alpha value is -1.35. The van der Waals surface area contributed by atoms with E-state index in [0.717, 1.165) is 19.3 Å². The van der Waals surface area contributed by atoms with Crippen LogP contribution in [0.3, 0.4) is 0 Å². The second kappa shape index (κ2) is 8.12. The highest BCUT2D eigenvalue weighted by Crippen LogP contribution is 2.58. The van der Waals surface area contributed by atoms with Crippen LogP contribution in [0.25, 0.3) is 0 Å². The minimum Gasteiger partial charge on any atom is -0.462 e. The highest BCUT2D eigenvalue weighted by molar-refractivity contribution is 5.89. The maximum atomic E-state index is 11.9. The number of benzene rings is 1. The first kappa shape index (κ1) is 19.4. The summed E-state index contributed by atoms with van der Waals surface area (Å²) in [7, 11) is 0. The van der Waals surface area contributed by atoms with Crippen molar-refractivity contribution in [3.05, 3.63) is 35.4 Å². The van der Waals surface area contributed by atoms with Crippen LogP contribution in [0.1, 0.15) is 75.2 Å². The average Bonchev–Trinajstić information content (AvgIpc) is 2.98. The van der Waals surface area contributed by atoms with Gasteiger partial charge < -0.3 is 9.84 Å². The van der Waals surface area contributed by atoms with Gasteiger partial charge in [0.1, 0.15) is 0 Å². The van der Waals surface area contributed by atoms with Crippen molar-refractivity contribution in [3.8, 4) is 0 Å². The molecule has 26 heavy (non-hydrogen) atoms. The van der Waals surface area contributed by atoms with Crippen LogP contribution in [0.4, 0.5) is 0 Å². The van der Waals surface area contributed by atoms with Crippen molar-refractivity contribution in [3.63, 3.8) is 0 Å². The molecule has 0 amide bonds. The number of rotatable bonds is 6. The number of hydrogen-bond acceptors (Lipinski definition) is 3. The van der Waals surface area contributed by atoms with Crippen LogP contribution < -0.4 is 0 Å². The molecule has 0 aliphatic heterocycles. The van der Waals surface area contributed by atoms with Crippen LogP contribution in [0.15, 0.2) is 24.3 Å². The summed E-state index contributed by atoms with van der Waals surface area (Å²) in [6.07, 6.45) is 7.90. The molecule has 0 spiro atoms. The second-order valence-electron chi connectivity index (χ2n) is 8.69. The summed E-state index contributed by atoms with van der Waals surface area (Å²) in [5.41, 5.74) is 2.18. The Balaban J connectivity index is 1.62. The first-order valence-electron chi connectivity index (χ1n) is 10.4. The summed E-state index contributed by atoms with van der Waals surface area (Å²) in [5.74, 6) is 1.61. The van der Waals surface area contributed by atoms with Gasteiger partial charge in [-0.3, -0.25) is 0 Å². The quantitative estimate of drug-likeness (QED) is 0.727. The summed E-state index contributed by atoms with van der Waals surface area (Å²) in [6.45, 7) is 7.05. The molecule has 2 fully saturated rings. The predicted octanol–water partition coefficient (Wildman–Crippen LogP) is 5.01. The number of ether oxygens (including phenoxy) is 1. The lowest BCUT2D eigenvalue weighted by atomic mass is 9.61. The molecule has 2 saturated carbocycles. The van der Waals surface area contributed by atoms with E-state index in [-0.39, 0.29) is 12.1 Å². The molecule has 1 N–H and O–H groups in total. The van der Waals surface area contributed by atoms with Crippen LogP contribution in [-0.2, 0) is 11.2 Å².